The molecule has 4 nitrogen and oxygen atoms in total. The van der Waals surface area contributed by atoms with Gasteiger partial charge in [-0.25, -0.2) is 4.98 Å². The van der Waals surface area contributed by atoms with Crippen LogP contribution in [0, 0.1) is 0 Å². The van der Waals surface area contributed by atoms with Gasteiger partial charge in [0, 0.05) is 12.7 Å². The number of aromatic nitrogens is 3. The van der Waals surface area contributed by atoms with Crippen molar-refractivity contribution in [3.8, 4) is 11.4 Å². The molecule has 1 fully saturated rings. The minimum atomic E-state index is 0.470. The fraction of sp³-hybridized carbons (Fsp3) is 0.467. The van der Waals surface area contributed by atoms with Gasteiger partial charge in [0.1, 0.15) is 0 Å². The standard InChI is InChI=1S/C15H20N4/c1-3-19-15(9-10-16-19)13-7-4-6-12(17-13)14-8-5-11-18(14)2/h4,6-7,9-10,14H,3,5,8,11H2,1-2H3. The third-order valence-electron chi connectivity index (χ3n) is 3.91. The first-order chi connectivity index (χ1) is 9.29. The van der Waals surface area contributed by atoms with E-state index in [1.807, 2.05) is 16.9 Å². The quantitative estimate of drug-likeness (QED) is 0.846. The van der Waals surface area contributed by atoms with E-state index < -0.39 is 0 Å². The molecule has 0 amide bonds. The first-order valence-electron chi connectivity index (χ1n) is 6.99. The summed E-state index contributed by atoms with van der Waals surface area (Å²) in [5.74, 6) is 0. The molecule has 3 heterocycles. The first-order valence-corrected chi connectivity index (χ1v) is 6.99. The minimum absolute atomic E-state index is 0.470. The number of hydrogen-bond acceptors (Lipinski definition) is 3. The van der Waals surface area contributed by atoms with E-state index in [4.69, 9.17) is 4.98 Å². The largest absolute Gasteiger partial charge is 0.298 e. The fourth-order valence-electron chi connectivity index (χ4n) is 2.87. The molecular formula is C15H20N4. The Bertz CT molecular complexity index is 561. The molecule has 0 saturated carbocycles. The summed E-state index contributed by atoms with van der Waals surface area (Å²) in [7, 11) is 2.18. The van der Waals surface area contributed by atoms with Crippen molar-refractivity contribution in [2.24, 2.45) is 0 Å². The van der Waals surface area contributed by atoms with E-state index in [1.54, 1.807) is 0 Å². The third-order valence-corrected chi connectivity index (χ3v) is 3.91. The van der Waals surface area contributed by atoms with Crippen LogP contribution in [0.4, 0.5) is 0 Å². The molecule has 4 heteroatoms. The summed E-state index contributed by atoms with van der Waals surface area (Å²) in [6.07, 6.45) is 4.31. The van der Waals surface area contributed by atoms with Gasteiger partial charge in [-0.1, -0.05) is 6.07 Å². The van der Waals surface area contributed by atoms with Gasteiger partial charge in [-0.05, 0) is 51.6 Å². The Morgan fingerprint density at radius 2 is 2.21 bits per heavy atom. The topological polar surface area (TPSA) is 34.0 Å². The maximum atomic E-state index is 4.85. The Labute approximate surface area is 114 Å². The molecule has 0 bridgehead atoms. The Balaban J connectivity index is 1.96. The molecule has 1 atom stereocenters. The van der Waals surface area contributed by atoms with E-state index in [-0.39, 0.29) is 0 Å². The second-order valence-corrected chi connectivity index (χ2v) is 5.12. The molecule has 100 valence electrons. The van der Waals surface area contributed by atoms with Crippen LogP contribution in [-0.2, 0) is 6.54 Å². The van der Waals surface area contributed by atoms with Crippen molar-refractivity contribution in [2.45, 2.75) is 32.4 Å². The maximum absolute atomic E-state index is 4.85. The molecular weight excluding hydrogens is 236 g/mol. The van der Waals surface area contributed by atoms with Gasteiger partial charge in [-0.3, -0.25) is 9.58 Å². The smallest absolute Gasteiger partial charge is 0.0887 e. The molecule has 1 aliphatic rings. The summed E-state index contributed by atoms with van der Waals surface area (Å²) in [6, 6.07) is 8.83. The lowest BCUT2D eigenvalue weighted by Gasteiger charge is -2.19. The molecule has 0 spiro atoms. The monoisotopic (exact) mass is 256 g/mol. The highest BCUT2D eigenvalue weighted by Crippen LogP contribution is 2.30. The Hall–Kier alpha value is -1.68. The highest BCUT2D eigenvalue weighted by molar-refractivity contribution is 5.54. The zero-order valence-electron chi connectivity index (χ0n) is 11.6. The molecule has 1 saturated heterocycles. The molecule has 19 heavy (non-hydrogen) atoms. The predicted octanol–water partition coefficient (Wildman–Crippen LogP) is 2.73. The van der Waals surface area contributed by atoms with Crippen LogP contribution in [0.1, 0.15) is 31.5 Å². The van der Waals surface area contributed by atoms with Crippen molar-refractivity contribution >= 4 is 0 Å². The minimum Gasteiger partial charge on any atom is -0.298 e. The van der Waals surface area contributed by atoms with Crippen LogP contribution in [0.25, 0.3) is 11.4 Å². The normalized spacial score (nSPS) is 20.0. The van der Waals surface area contributed by atoms with Crippen LogP contribution in [-0.4, -0.2) is 33.3 Å². The van der Waals surface area contributed by atoms with Gasteiger partial charge in [-0.2, -0.15) is 5.10 Å². The van der Waals surface area contributed by atoms with E-state index in [2.05, 4.69) is 42.2 Å². The molecule has 0 aliphatic carbocycles. The average Bonchev–Trinajstić information content (AvgIpc) is 3.07. The molecule has 1 unspecified atom stereocenters. The van der Waals surface area contributed by atoms with Crippen LogP contribution in [0.5, 0.6) is 0 Å². The van der Waals surface area contributed by atoms with Gasteiger partial charge >= 0.3 is 0 Å². The molecule has 1 aliphatic heterocycles. The van der Waals surface area contributed by atoms with Crippen molar-refractivity contribution < 1.29 is 0 Å². The van der Waals surface area contributed by atoms with Gasteiger partial charge in [0.2, 0.25) is 0 Å². The molecule has 3 rings (SSSR count). The fourth-order valence-corrected chi connectivity index (χ4v) is 2.87. The molecule has 2 aromatic rings. The second-order valence-electron chi connectivity index (χ2n) is 5.12. The highest BCUT2D eigenvalue weighted by Gasteiger charge is 2.24. The first kappa shape index (κ1) is 12.4. The number of aryl methyl sites for hydroxylation is 1. The SMILES string of the molecule is CCn1nccc1-c1cccc(C2CCCN2C)n1. The molecule has 0 radical (unpaired) electrons. The summed E-state index contributed by atoms with van der Waals surface area (Å²) in [5.41, 5.74) is 3.31. The summed E-state index contributed by atoms with van der Waals surface area (Å²) >= 11 is 0. The average molecular weight is 256 g/mol. The van der Waals surface area contributed by atoms with Gasteiger partial charge in [0.25, 0.3) is 0 Å². The highest BCUT2D eigenvalue weighted by atomic mass is 15.3. The van der Waals surface area contributed by atoms with E-state index in [0.717, 1.165) is 17.9 Å². The lowest BCUT2D eigenvalue weighted by Crippen LogP contribution is -2.18. The van der Waals surface area contributed by atoms with Crippen LogP contribution in [0.15, 0.2) is 30.5 Å². The third kappa shape index (κ3) is 2.28. The summed E-state index contributed by atoms with van der Waals surface area (Å²) in [5, 5.41) is 4.32. The summed E-state index contributed by atoms with van der Waals surface area (Å²) in [4.78, 5) is 7.25. The van der Waals surface area contributed by atoms with E-state index >= 15 is 0 Å². The number of nitrogens with zero attached hydrogens (tertiary/aromatic N) is 4. The maximum Gasteiger partial charge on any atom is 0.0887 e. The van der Waals surface area contributed by atoms with Crippen LogP contribution in [0.3, 0.4) is 0 Å². The zero-order valence-corrected chi connectivity index (χ0v) is 11.6. The summed E-state index contributed by atoms with van der Waals surface area (Å²) < 4.78 is 1.99. The van der Waals surface area contributed by atoms with Crippen molar-refractivity contribution in [3.63, 3.8) is 0 Å². The van der Waals surface area contributed by atoms with Crippen molar-refractivity contribution in [1.29, 1.82) is 0 Å². The van der Waals surface area contributed by atoms with Crippen molar-refractivity contribution in [2.75, 3.05) is 13.6 Å². The predicted molar refractivity (Wildman–Crippen MR) is 75.7 cm³/mol. The van der Waals surface area contributed by atoms with Gasteiger partial charge in [-0.15, -0.1) is 0 Å². The van der Waals surface area contributed by atoms with E-state index in [9.17, 15) is 0 Å². The molecule has 0 N–H and O–H groups in total. The van der Waals surface area contributed by atoms with Crippen LogP contribution < -0.4 is 0 Å². The Morgan fingerprint density at radius 3 is 2.95 bits per heavy atom. The Morgan fingerprint density at radius 1 is 1.32 bits per heavy atom. The van der Waals surface area contributed by atoms with Crippen molar-refractivity contribution in [1.82, 2.24) is 19.7 Å². The molecule has 2 aromatic heterocycles. The Kier molecular flexibility index (Phi) is 3.34. The van der Waals surface area contributed by atoms with Crippen molar-refractivity contribution in [3.05, 3.63) is 36.2 Å². The molecule has 0 aromatic carbocycles. The van der Waals surface area contributed by atoms with Crippen LogP contribution >= 0.6 is 0 Å². The lowest BCUT2D eigenvalue weighted by molar-refractivity contribution is 0.312. The van der Waals surface area contributed by atoms with E-state index in [1.165, 1.54) is 25.1 Å². The lowest BCUT2D eigenvalue weighted by atomic mass is 10.1. The zero-order chi connectivity index (χ0) is 13.2. The van der Waals surface area contributed by atoms with E-state index in [0.29, 0.717) is 6.04 Å². The van der Waals surface area contributed by atoms with Gasteiger partial charge < -0.3 is 0 Å². The number of pyridine rings is 1. The number of hydrogen-bond donors (Lipinski definition) is 0. The van der Waals surface area contributed by atoms with Gasteiger partial charge in [0.15, 0.2) is 0 Å². The number of likely N-dealkylation sites (tertiary alicyclic amines) is 1. The van der Waals surface area contributed by atoms with Gasteiger partial charge in [0.05, 0.1) is 23.1 Å². The number of rotatable bonds is 3. The van der Waals surface area contributed by atoms with Crippen LogP contribution in [0.2, 0.25) is 0 Å². The summed E-state index contributed by atoms with van der Waals surface area (Å²) in [6.45, 7) is 4.14. The second kappa shape index (κ2) is 5.13.